The summed E-state index contributed by atoms with van der Waals surface area (Å²) in [6.07, 6.45) is 3.99. The number of ketones is 1. The smallest absolute Gasteiger partial charge is 0.338 e. The lowest BCUT2D eigenvalue weighted by molar-refractivity contribution is 0.0526. The second-order valence-corrected chi connectivity index (χ2v) is 6.71. The molecule has 0 N–H and O–H groups in total. The summed E-state index contributed by atoms with van der Waals surface area (Å²) in [4.78, 5) is 24.9. The van der Waals surface area contributed by atoms with Crippen LogP contribution in [0.3, 0.4) is 0 Å². The van der Waals surface area contributed by atoms with Gasteiger partial charge in [-0.15, -0.1) is 0 Å². The fourth-order valence-electron chi connectivity index (χ4n) is 3.61. The van der Waals surface area contributed by atoms with Crippen LogP contribution in [0.1, 0.15) is 41.0 Å². The number of carbonyl (C=O) groups is 2. The van der Waals surface area contributed by atoms with Crippen molar-refractivity contribution in [1.29, 1.82) is 0 Å². The number of aryl methyl sites for hydroxylation is 1. The first-order valence-electron chi connectivity index (χ1n) is 9.35. The predicted molar refractivity (Wildman–Crippen MR) is 109 cm³/mol. The van der Waals surface area contributed by atoms with Crippen molar-refractivity contribution in [1.82, 2.24) is 4.57 Å². The Bertz CT molecular complexity index is 1210. The molecule has 2 heterocycles. The molecule has 0 aliphatic carbocycles. The van der Waals surface area contributed by atoms with Crippen LogP contribution in [0.2, 0.25) is 0 Å². The Morgan fingerprint density at radius 3 is 2.64 bits per heavy atom. The van der Waals surface area contributed by atoms with Crippen LogP contribution in [0.15, 0.2) is 53.3 Å². The van der Waals surface area contributed by atoms with Gasteiger partial charge in [-0.3, -0.25) is 4.79 Å². The van der Waals surface area contributed by atoms with Crippen LogP contribution < -0.4 is 0 Å². The first-order valence-corrected chi connectivity index (χ1v) is 9.35. The van der Waals surface area contributed by atoms with Gasteiger partial charge in [0, 0.05) is 41.5 Å². The quantitative estimate of drug-likeness (QED) is 0.348. The second kappa shape index (κ2) is 7.00. The van der Waals surface area contributed by atoms with Crippen molar-refractivity contribution in [3.05, 3.63) is 60.0 Å². The summed E-state index contributed by atoms with van der Waals surface area (Å²) in [6.45, 7) is 3.82. The molecule has 0 amide bonds. The highest BCUT2D eigenvalue weighted by Crippen LogP contribution is 2.37. The summed E-state index contributed by atoms with van der Waals surface area (Å²) >= 11 is 0. The second-order valence-electron chi connectivity index (χ2n) is 6.71. The van der Waals surface area contributed by atoms with Crippen molar-refractivity contribution >= 4 is 33.6 Å². The predicted octanol–water partition coefficient (Wildman–Crippen LogP) is 5.36. The van der Waals surface area contributed by atoms with Crippen LogP contribution in [0.4, 0.5) is 0 Å². The molecule has 142 valence electrons. The molecule has 0 atom stereocenters. The molecule has 4 aromatic rings. The van der Waals surface area contributed by atoms with E-state index < -0.39 is 5.97 Å². The van der Waals surface area contributed by atoms with Crippen LogP contribution in [-0.2, 0) is 11.8 Å². The minimum absolute atomic E-state index is 0.0741. The van der Waals surface area contributed by atoms with Gasteiger partial charge in [-0.25, -0.2) is 4.79 Å². The maximum atomic E-state index is 12.5. The Balaban J connectivity index is 2.01. The van der Waals surface area contributed by atoms with E-state index in [4.69, 9.17) is 9.15 Å². The van der Waals surface area contributed by atoms with Crippen molar-refractivity contribution in [2.45, 2.75) is 20.3 Å². The van der Waals surface area contributed by atoms with E-state index in [0.29, 0.717) is 23.1 Å². The zero-order valence-corrected chi connectivity index (χ0v) is 16.1. The monoisotopic (exact) mass is 375 g/mol. The Hall–Kier alpha value is -3.34. The van der Waals surface area contributed by atoms with Gasteiger partial charge in [0.05, 0.1) is 24.0 Å². The molecule has 0 saturated carbocycles. The number of aromatic nitrogens is 1. The minimum atomic E-state index is -0.445. The van der Waals surface area contributed by atoms with E-state index in [-0.39, 0.29) is 12.4 Å². The van der Waals surface area contributed by atoms with Gasteiger partial charge in [0.15, 0.2) is 5.78 Å². The van der Waals surface area contributed by atoms with Crippen molar-refractivity contribution < 1.29 is 18.7 Å². The summed E-state index contributed by atoms with van der Waals surface area (Å²) in [7, 11) is 2.00. The standard InChI is InChI=1S/C23H21NO4/c1-4-21(25)18-12-14(23(26)27-5-2)11-17-19(13-28-22(17)18)15-7-6-8-20-16(15)9-10-24(20)3/h6-13H,4-5H2,1-3H3. The molecule has 2 aromatic carbocycles. The number of ether oxygens (including phenoxy) is 1. The third-order valence-corrected chi connectivity index (χ3v) is 5.02. The first kappa shape index (κ1) is 18.0. The van der Waals surface area contributed by atoms with Gasteiger partial charge in [0.2, 0.25) is 0 Å². The number of hydrogen-bond acceptors (Lipinski definition) is 4. The van der Waals surface area contributed by atoms with Crippen molar-refractivity contribution in [3.63, 3.8) is 0 Å². The highest BCUT2D eigenvalue weighted by molar-refractivity contribution is 6.13. The Morgan fingerprint density at radius 2 is 1.89 bits per heavy atom. The average Bonchev–Trinajstić information content (AvgIpc) is 3.30. The van der Waals surface area contributed by atoms with Crippen LogP contribution in [0, 0.1) is 0 Å². The number of hydrogen-bond donors (Lipinski definition) is 0. The maximum Gasteiger partial charge on any atom is 0.338 e. The van der Waals surface area contributed by atoms with Crippen molar-refractivity contribution in [2.24, 2.45) is 7.05 Å². The molecular formula is C23H21NO4. The molecule has 28 heavy (non-hydrogen) atoms. The summed E-state index contributed by atoms with van der Waals surface area (Å²) in [5.41, 5.74) is 4.21. The molecule has 0 spiro atoms. The summed E-state index contributed by atoms with van der Waals surface area (Å²) in [5.74, 6) is -0.519. The summed E-state index contributed by atoms with van der Waals surface area (Å²) < 4.78 is 13.0. The van der Waals surface area contributed by atoms with Gasteiger partial charge in [-0.2, -0.15) is 0 Å². The number of Topliss-reactive ketones (excluding diaryl/α,β-unsaturated/α-hetero) is 1. The maximum absolute atomic E-state index is 12.5. The van der Waals surface area contributed by atoms with Crippen molar-refractivity contribution in [2.75, 3.05) is 6.61 Å². The number of esters is 1. The van der Waals surface area contributed by atoms with Crippen LogP contribution >= 0.6 is 0 Å². The first-order chi connectivity index (χ1) is 13.5. The van der Waals surface area contributed by atoms with Gasteiger partial charge in [-0.1, -0.05) is 19.1 Å². The Morgan fingerprint density at radius 1 is 1.07 bits per heavy atom. The highest BCUT2D eigenvalue weighted by Gasteiger charge is 2.21. The lowest BCUT2D eigenvalue weighted by atomic mass is 9.96. The largest absolute Gasteiger partial charge is 0.463 e. The van der Waals surface area contributed by atoms with E-state index in [9.17, 15) is 9.59 Å². The summed E-state index contributed by atoms with van der Waals surface area (Å²) in [5, 5.41) is 1.82. The van der Waals surface area contributed by atoms with Crippen molar-refractivity contribution in [3.8, 4) is 11.1 Å². The van der Waals surface area contributed by atoms with E-state index in [1.807, 2.05) is 25.4 Å². The molecular weight excluding hydrogens is 354 g/mol. The number of rotatable bonds is 5. The lowest BCUT2D eigenvalue weighted by Crippen LogP contribution is -2.07. The number of carbonyl (C=O) groups excluding carboxylic acids is 2. The fraction of sp³-hybridized carbons (Fsp3) is 0.217. The third-order valence-electron chi connectivity index (χ3n) is 5.02. The van der Waals surface area contributed by atoms with Gasteiger partial charge in [-0.05, 0) is 36.8 Å². The minimum Gasteiger partial charge on any atom is -0.463 e. The molecule has 0 bridgehead atoms. The zero-order valence-electron chi connectivity index (χ0n) is 16.1. The molecule has 2 aromatic heterocycles. The van der Waals surface area contributed by atoms with E-state index in [1.165, 1.54) is 0 Å². The van der Waals surface area contributed by atoms with Crippen LogP contribution in [-0.4, -0.2) is 22.9 Å². The SMILES string of the molecule is CCOC(=O)c1cc(C(=O)CC)c2occ(-c3cccc4c3ccn4C)c2c1. The Labute approximate surface area is 162 Å². The van der Waals surface area contributed by atoms with E-state index >= 15 is 0 Å². The normalized spacial score (nSPS) is 11.2. The zero-order chi connectivity index (χ0) is 19.8. The number of nitrogens with zero attached hydrogens (tertiary/aromatic N) is 1. The number of fused-ring (bicyclic) bond motifs is 2. The molecule has 5 nitrogen and oxygen atoms in total. The average molecular weight is 375 g/mol. The molecule has 5 heteroatoms. The molecule has 0 unspecified atom stereocenters. The fourth-order valence-corrected chi connectivity index (χ4v) is 3.61. The van der Waals surface area contributed by atoms with Gasteiger partial charge in [0.25, 0.3) is 0 Å². The van der Waals surface area contributed by atoms with E-state index in [2.05, 4.69) is 16.7 Å². The molecule has 0 aliphatic rings. The molecule has 0 saturated heterocycles. The molecule has 4 rings (SSSR count). The summed E-state index contributed by atoms with van der Waals surface area (Å²) in [6, 6.07) is 11.4. The van der Waals surface area contributed by atoms with Gasteiger partial charge < -0.3 is 13.7 Å². The number of benzene rings is 2. The molecule has 0 radical (unpaired) electrons. The van der Waals surface area contributed by atoms with Gasteiger partial charge >= 0.3 is 5.97 Å². The number of furan rings is 1. The molecule has 0 aliphatic heterocycles. The topological polar surface area (TPSA) is 61.4 Å². The van der Waals surface area contributed by atoms with Crippen LogP contribution in [0.5, 0.6) is 0 Å². The third kappa shape index (κ3) is 2.80. The highest BCUT2D eigenvalue weighted by atomic mass is 16.5. The van der Waals surface area contributed by atoms with Gasteiger partial charge in [0.1, 0.15) is 5.58 Å². The Kier molecular flexibility index (Phi) is 4.51. The van der Waals surface area contributed by atoms with E-state index in [1.54, 1.807) is 32.2 Å². The molecule has 0 fully saturated rings. The lowest BCUT2D eigenvalue weighted by Gasteiger charge is -2.07. The van der Waals surface area contributed by atoms with E-state index in [0.717, 1.165) is 27.4 Å². The van der Waals surface area contributed by atoms with Crippen LogP contribution in [0.25, 0.3) is 33.0 Å².